The van der Waals surface area contributed by atoms with Crippen LogP contribution in [0, 0.1) is 13.8 Å². The molecule has 1 atom stereocenters. The molecule has 7 nitrogen and oxygen atoms in total. The van der Waals surface area contributed by atoms with Crippen LogP contribution in [0.4, 0.5) is 5.69 Å². The number of benzene rings is 2. The molecule has 0 saturated heterocycles. The fourth-order valence-electron chi connectivity index (χ4n) is 3.65. The molecule has 0 aliphatic rings. The Bertz CT molecular complexity index is 1050. The standard InChI is InChI=1S/C23H30ClN3O4S/c1-6-20(23(29)25-4)26(14-18-10-12-19(24)13-11-18)21(28)15-27(32(5,30)31)22-16(2)8-7-9-17(22)3/h7-13,20H,6,14-15H2,1-5H3,(H,25,29)/t20-/m1/s1. The van der Waals surface area contributed by atoms with Crippen LogP contribution in [0.25, 0.3) is 0 Å². The molecule has 0 fully saturated rings. The van der Waals surface area contributed by atoms with Crippen molar-refractivity contribution < 1.29 is 18.0 Å². The SMILES string of the molecule is CC[C@H](C(=O)NC)N(Cc1ccc(Cl)cc1)C(=O)CN(c1c(C)cccc1C)S(C)(=O)=O. The van der Waals surface area contributed by atoms with Crippen molar-refractivity contribution in [1.29, 1.82) is 0 Å². The minimum atomic E-state index is -3.76. The van der Waals surface area contributed by atoms with E-state index in [1.54, 1.807) is 50.2 Å². The molecule has 1 N–H and O–H groups in total. The van der Waals surface area contributed by atoms with Gasteiger partial charge in [-0.2, -0.15) is 0 Å². The Hall–Kier alpha value is -2.58. The lowest BCUT2D eigenvalue weighted by Gasteiger charge is -2.33. The van der Waals surface area contributed by atoms with E-state index in [-0.39, 0.29) is 12.5 Å². The number of anilines is 1. The van der Waals surface area contributed by atoms with Crippen molar-refractivity contribution in [2.24, 2.45) is 0 Å². The average molecular weight is 480 g/mol. The molecule has 9 heteroatoms. The molecule has 2 aromatic rings. The quantitative estimate of drug-likeness (QED) is 0.598. The molecule has 0 aliphatic heterocycles. The van der Waals surface area contributed by atoms with Crippen LogP contribution in [-0.2, 0) is 26.2 Å². The van der Waals surface area contributed by atoms with Gasteiger partial charge in [0.15, 0.2) is 0 Å². The van der Waals surface area contributed by atoms with E-state index in [1.807, 2.05) is 13.0 Å². The first kappa shape index (κ1) is 25.7. The number of aryl methyl sites for hydroxylation is 2. The van der Waals surface area contributed by atoms with Gasteiger partial charge in [0.1, 0.15) is 12.6 Å². The van der Waals surface area contributed by atoms with Gasteiger partial charge in [-0.3, -0.25) is 13.9 Å². The molecule has 32 heavy (non-hydrogen) atoms. The number of amides is 2. The highest BCUT2D eigenvalue weighted by molar-refractivity contribution is 7.92. The lowest BCUT2D eigenvalue weighted by Crippen LogP contribution is -2.51. The lowest BCUT2D eigenvalue weighted by atomic mass is 10.1. The molecular formula is C23H30ClN3O4S. The Morgan fingerprint density at radius 1 is 1.06 bits per heavy atom. The smallest absolute Gasteiger partial charge is 0.244 e. The summed E-state index contributed by atoms with van der Waals surface area (Å²) in [6.45, 7) is 5.14. The number of carbonyl (C=O) groups is 2. The average Bonchev–Trinajstić information content (AvgIpc) is 2.73. The molecule has 0 aromatic heterocycles. The molecule has 2 amide bonds. The number of halogens is 1. The predicted molar refractivity (Wildman–Crippen MR) is 128 cm³/mol. The molecule has 0 aliphatic carbocycles. The van der Waals surface area contributed by atoms with Gasteiger partial charge in [-0.25, -0.2) is 8.42 Å². The van der Waals surface area contributed by atoms with Gasteiger partial charge in [-0.1, -0.05) is 48.9 Å². The van der Waals surface area contributed by atoms with Gasteiger partial charge in [0.25, 0.3) is 0 Å². The molecular weight excluding hydrogens is 450 g/mol. The number of para-hydroxylation sites is 1. The monoisotopic (exact) mass is 479 g/mol. The zero-order valence-corrected chi connectivity index (χ0v) is 20.6. The Balaban J connectivity index is 2.48. The predicted octanol–water partition coefficient (Wildman–Crippen LogP) is 3.28. The highest BCUT2D eigenvalue weighted by Crippen LogP contribution is 2.27. The number of hydrogen-bond acceptors (Lipinski definition) is 4. The van der Waals surface area contributed by atoms with Crippen molar-refractivity contribution in [1.82, 2.24) is 10.2 Å². The van der Waals surface area contributed by atoms with Crippen molar-refractivity contribution in [2.45, 2.75) is 39.8 Å². The van der Waals surface area contributed by atoms with Gasteiger partial charge >= 0.3 is 0 Å². The Morgan fingerprint density at radius 3 is 2.09 bits per heavy atom. The number of sulfonamides is 1. The number of rotatable bonds is 9. The summed E-state index contributed by atoms with van der Waals surface area (Å²) in [5.41, 5.74) is 2.74. The largest absolute Gasteiger partial charge is 0.357 e. The minimum Gasteiger partial charge on any atom is -0.357 e. The van der Waals surface area contributed by atoms with E-state index >= 15 is 0 Å². The number of hydrogen-bond donors (Lipinski definition) is 1. The van der Waals surface area contributed by atoms with E-state index in [0.29, 0.717) is 17.1 Å². The molecule has 0 spiro atoms. The summed E-state index contributed by atoms with van der Waals surface area (Å²) in [5.74, 6) is -0.781. The zero-order chi connectivity index (χ0) is 24.1. The third-order valence-corrected chi connectivity index (χ3v) is 6.63. The lowest BCUT2D eigenvalue weighted by molar-refractivity contribution is -0.140. The second-order valence-corrected chi connectivity index (χ2v) is 10.0. The Labute approximate surface area is 195 Å². The summed E-state index contributed by atoms with van der Waals surface area (Å²) in [5, 5.41) is 3.15. The van der Waals surface area contributed by atoms with Crippen LogP contribution < -0.4 is 9.62 Å². The second-order valence-electron chi connectivity index (χ2n) is 7.70. The van der Waals surface area contributed by atoms with Crippen LogP contribution in [0.2, 0.25) is 5.02 Å². The molecule has 0 bridgehead atoms. The van der Waals surface area contributed by atoms with Crippen LogP contribution in [0.5, 0.6) is 0 Å². The van der Waals surface area contributed by atoms with E-state index in [0.717, 1.165) is 27.3 Å². The Morgan fingerprint density at radius 2 is 1.62 bits per heavy atom. The molecule has 0 radical (unpaired) electrons. The first-order valence-corrected chi connectivity index (χ1v) is 12.5. The molecule has 0 unspecified atom stereocenters. The molecule has 0 saturated carbocycles. The Kier molecular flexibility index (Phi) is 8.69. The maximum Gasteiger partial charge on any atom is 0.244 e. The van der Waals surface area contributed by atoms with E-state index in [1.165, 1.54) is 11.9 Å². The van der Waals surface area contributed by atoms with Crippen LogP contribution in [-0.4, -0.2) is 51.0 Å². The summed E-state index contributed by atoms with van der Waals surface area (Å²) in [6, 6.07) is 11.7. The van der Waals surface area contributed by atoms with Crippen LogP contribution in [0.15, 0.2) is 42.5 Å². The zero-order valence-electron chi connectivity index (χ0n) is 19.1. The number of carbonyl (C=O) groups excluding carboxylic acids is 2. The van der Waals surface area contributed by atoms with Crippen LogP contribution >= 0.6 is 11.6 Å². The van der Waals surface area contributed by atoms with Gasteiger partial charge in [0.2, 0.25) is 21.8 Å². The van der Waals surface area contributed by atoms with Crippen molar-refractivity contribution in [3.05, 3.63) is 64.2 Å². The van der Waals surface area contributed by atoms with Gasteiger partial charge in [0, 0.05) is 18.6 Å². The van der Waals surface area contributed by atoms with Gasteiger partial charge in [-0.05, 0) is 49.1 Å². The van der Waals surface area contributed by atoms with Gasteiger partial charge < -0.3 is 10.2 Å². The van der Waals surface area contributed by atoms with Crippen LogP contribution in [0.3, 0.4) is 0 Å². The molecule has 0 heterocycles. The fourth-order valence-corrected chi connectivity index (χ4v) is 4.74. The van der Waals surface area contributed by atoms with Crippen LogP contribution in [0.1, 0.15) is 30.0 Å². The summed E-state index contributed by atoms with van der Waals surface area (Å²) in [6.07, 6.45) is 1.45. The fraction of sp³-hybridized carbons (Fsp3) is 0.391. The number of nitrogens with one attached hydrogen (secondary N) is 1. The summed E-state index contributed by atoms with van der Waals surface area (Å²) >= 11 is 5.97. The maximum absolute atomic E-state index is 13.5. The van der Waals surface area contributed by atoms with Gasteiger partial charge in [0.05, 0.1) is 11.9 Å². The van der Waals surface area contributed by atoms with E-state index in [2.05, 4.69) is 5.32 Å². The second kappa shape index (κ2) is 10.8. The van der Waals surface area contributed by atoms with Crippen molar-refractivity contribution in [2.75, 3.05) is 24.2 Å². The van der Waals surface area contributed by atoms with Crippen molar-refractivity contribution in [3.63, 3.8) is 0 Å². The highest BCUT2D eigenvalue weighted by Gasteiger charge is 2.32. The van der Waals surface area contributed by atoms with E-state index in [4.69, 9.17) is 11.6 Å². The van der Waals surface area contributed by atoms with Gasteiger partial charge in [-0.15, -0.1) is 0 Å². The third-order valence-electron chi connectivity index (χ3n) is 5.27. The molecule has 2 aromatic carbocycles. The summed E-state index contributed by atoms with van der Waals surface area (Å²) < 4.78 is 26.5. The summed E-state index contributed by atoms with van der Waals surface area (Å²) in [7, 11) is -2.25. The van der Waals surface area contributed by atoms with E-state index < -0.39 is 28.5 Å². The normalized spacial score (nSPS) is 12.2. The van der Waals surface area contributed by atoms with Crippen molar-refractivity contribution in [3.8, 4) is 0 Å². The highest BCUT2D eigenvalue weighted by atomic mass is 35.5. The van der Waals surface area contributed by atoms with E-state index in [9.17, 15) is 18.0 Å². The number of nitrogens with zero attached hydrogens (tertiary/aromatic N) is 2. The molecule has 2 rings (SSSR count). The van der Waals surface area contributed by atoms with Crippen molar-refractivity contribution >= 4 is 39.1 Å². The third kappa shape index (κ3) is 6.23. The first-order valence-electron chi connectivity index (χ1n) is 10.3. The number of likely N-dealkylation sites (N-methyl/N-ethyl adjacent to an activating group) is 1. The maximum atomic E-state index is 13.5. The first-order chi connectivity index (χ1) is 15.0. The summed E-state index contributed by atoms with van der Waals surface area (Å²) in [4.78, 5) is 27.5. The minimum absolute atomic E-state index is 0.145. The molecule has 174 valence electrons. The topological polar surface area (TPSA) is 86.8 Å².